The number of ether oxygens (including phenoxy) is 2. The van der Waals surface area contributed by atoms with Crippen LogP contribution in [0.5, 0.6) is 0 Å². The highest BCUT2D eigenvalue weighted by atomic mass is 16.7. The predicted molar refractivity (Wildman–Crippen MR) is 101 cm³/mol. The molecule has 6 atom stereocenters. The van der Waals surface area contributed by atoms with Crippen LogP contribution < -0.4 is 0 Å². The maximum absolute atomic E-state index is 12.0. The van der Waals surface area contributed by atoms with Crippen molar-refractivity contribution in [2.75, 3.05) is 13.2 Å². The Labute approximate surface area is 157 Å². The number of ketones is 1. The first kappa shape index (κ1) is 17.4. The number of hydrogen-bond donors (Lipinski definition) is 0. The predicted octanol–water partition coefficient (Wildman–Crippen LogP) is 4.90. The zero-order valence-corrected chi connectivity index (χ0v) is 16.7. The van der Waals surface area contributed by atoms with Gasteiger partial charge in [0.05, 0.1) is 13.2 Å². The van der Waals surface area contributed by atoms with Crippen molar-refractivity contribution in [3.8, 4) is 0 Å². The van der Waals surface area contributed by atoms with E-state index in [1.165, 1.54) is 37.7 Å². The summed E-state index contributed by atoms with van der Waals surface area (Å²) in [5, 5.41) is 0. The van der Waals surface area contributed by atoms with Crippen molar-refractivity contribution in [1.82, 2.24) is 0 Å². The maximum atomic E-state index is 12.0. The average Bonchev–Trinajstić information content (AvgIpc) is 3.19. The van der Waals surface area contributed by atoms with Gasteiger partial charge in [-0.3, -0.25) is 4.79 Å². The minimum Gasteiger partial charge on any atom is -0.348 e. The molecular weight excluding hydrogens is 324 g/mol. The lowest BCUT2D eigenvalue weighted by atomic mass is 9.46. The zero-order valence-electron chi connectivity index (χ0n) is 16.7. The SMILES string of the molecule is CC1([C@H]2CC[C@H]3[C@@H]4CCC5=CC(=O)CC[C@]5(C)[C@H]4CC[C@]23C)OCCO1. The largest absolute Gasteiger partial charge is 0.348 e. The molecule has 0 aromatic heterocycles. The van der Waals surface area contributed by atoms with E-state index >= 15 is 0 Å². The number of allylic oxidation sites excluding steroid dienone is 1. The van der Waals surface area contributed by atoms with Crippen LogP contribution in [0.15, 0.2) is 11.6 Å². The fourth-order valence-corrected chi connectivity index (χ4v) is 8.15. The third-order valence-corrected chi connectivity index (χ3v) is 9.46. The fourth-order valence-electron chi connectivity index (χ4n) is 8.15. The Kier molecular flexibility index (Phi) is 3.80. The van der Waals surface area contributed by atoms with E-state index in [1.54, 1.807) is 0 Å². The minimum atomic E-state index is -0.364. The minimum absolute atomic E-state index is 0.278. The van der Waals surface area contributed by atoms with E-state index in [0.717, 1.165) is 50.2 Å². The molecular formula is C23H34O3. The van der Waals surface area contributed by atoms with Gasteiger partial charge in [0.1, 0.15) is 0 Å². The fraction of sp³-hybridized carbons (Fsp3) is 0.870. The standard InChI is InChI=1S/C23H34O3/c1-21-10-8-16(24)14-15(21)4-5-17-18-6-7-20(23(3)25-12-13-26-23)22(18,2)11-9-19(17)21/h14,17-20H,4-13H2,1-3H3/t17-,18-,19-,20-,21-,22-/m0/s1. The second kappa shape index (κ2) is 5.67. The summed E-state index contributed by atoms with van der Waals surface area (Å²) in [5.41, 5.74) is 2.10. The monoisotopic (exact) mass is 358 g/mol. The summed E-state index contributed by atoms with van der Waals surface area (Å²) in [6, 6.07) is 0. The molecule has 3 saturated carbocycles. The molecule has 1 heterocycles. The highest BCUT2D eigenvalue weighted by molar-refractivity contribution is 5.91. The average molecular weight is 359 g/mol. The van der Waals surface area contributed by atoms with Gasteiger partial charge < -0.3 is 9.47 Å². The van der Waals surface area contributed by atoms with E-state index < -0.39 is 0 Å². The van der Waals surface area contributed by atoms with Gasteiger partial charge >= 0.3 is 0 Å². The number of carbonyl (C=O) groups excluding carboxylic acids is 1. The number of rotatable bonds is 1. The van der Waals surface area contributed by atoms with Crippen molar-refractivity contribution < 1.29 is 14.3 Å². The van der Waals surface area contributed by atoms with Crippen LogP contribution in [0.4, 0.5) is 0 Å². The van der Waals surface area contributed by atoms with Crippen LogP contribution >= 0.6 is 0 Å². The molecule has 0 amide bonds. The van der Waals surface area contributed by atoms with Gasteiger partial charge in [0.2, 0.25) is 0 Å². The van der Waals surface area contributed by atoms with Crippen LogP contribution in [0, 0.1) is 34.5 Å². The Hall–Kier alpha value is -0.670. The van der Waals surface area contributed by atoms with E-state index in [4.69, 9.17) is 9.47 Å². The maximum Gasteiger partial charge on any atom is 0.169 e. The molecule has 5 aliphatic rings. The lowest BCUT2D eigenvalue weighted by Gasteiger charge is -2.58. The van der Waals surface area contributed by atoms with Crippen molar-refractivity contribution in [2.24, 2.45) is 34.5 Å². The first-order valence-electron chi connectivity index (χ1n) is 10.9. The van der Waals surface area contributed by atoms with Gasteiger partial charge in [0.25, 0.3) is 0 Å². The second-order valence-corrected chi connectivity index (χ2v) is 10.4. The number of carbonyl (C=O) groups is 1. The normalized spacial score (nSPS) is 50.0. The number of fused-ring (bicyclic) bond motifs is 5. The summed E-state index contributed by atoms with van der Waals surface area (Å²) in [5.74, 6) is 2.91. The topological polar surface area (TPSA) is 35.5 Å². The molecule has 4 fully saturated rings. The summed E-state index contributed by atoms with van der Waals surface area (Å²) < 4.78 is 12.2. The highest BCUT2D eigenvalue weighted by Gasteiger charge is 2.63. The van der Waals surface area contributed by atoms with Gasteiger partial charge in [-0.05, 0) is 86.5 Å². The molecule has 0 radical (unpaired) electrons. The Morgan fingerprint density at radius 3 is 2.46 bits per heavy atom. The van der Waals surface area contributed by atoms with Gasteiger partial charge in [0, 0.05) is 12.3 Å². The number of hydrogen-bond acceptors (Lipinski definition) is 3. The van der Waals surface area contributed by atoms with E-state index in [9.17, 15) is 4.79 Å². The van der Waals surface area contributed by atoms with Gasteiger partial charge in [-0.15, -0.1) is 0 Å². The Bertz CT molecular complexity index is 646. The van der Waals surface area contributed by atoms with Gasteiger partial charge in [-0.2, -0.15) is 0 Å². The molecule has 1 saturated heterocycles. The van der Waals surface area contributed by atoms with E-state index in [0.29, 0.717) is 17.1 Å². The van der Waals surface area contributed by atoms with Crippen LogP contribution in [0.25, 0.3) is 0 Å². The Morgan fingerprint density at radius 2 is 1.69 bits per heavy atom. The van der Waals surface area contributed by atoms with Crippen LogP contribution in [0.1, 0.15) is 72.1 Å². The molecule has 26 heavy (non-hydrogen) atoms. The highest BCUT2D eigenvalue weighted by Crippen LogP contribution is 2.68. The molecule has 0 N–H and O–H groups in total. The van der Waals surface area contributed by atoms with Crippen molar-refractivity contribution in [3.63, 3.8) is 0 Å². The third kappa shape index (κ3) is 2.22. The Morgan fingerprint density at radius 1 is 0.923 bits per heavy atom. The van der Waals surface area contributed by atoms with Crippen LogP contribution in [0.2, 0.25) is 0 Å². The van der Waals surface area contributed by atoms with E-state index in [2.05, 4.69) is 20.8 Å². The molecule has 1 aliphatic heterocycles. The molecule has 0 aromatic carbocycles. The molecule has 3 heteroatoms. The first-order valence-corrected chi connectivity index (χ1v) is 10.9. The molecule has 0 aromatic rings. The van der Waals surface area contributed by atoms with Gasteiger partial charge in [-0.25, -0.2) is 0 Å². The van der Waals surface area contributed by atoms with E-state index in [-0.39, 0.29) is 11.2 Å². The van der Waals surface area contributed by atoms with Crippen molar-refractivity contribution >= 4 is 5.78 Å². The van der Waals surface area contributed by atoms with Gasteiger partial charge in [-0.1, -0.05) is 19.4 Å². The van der Waals surface area contributed by atoms with Crippen LogP contribution in [-0.2, 0) is 14.3 Å². The summed E-state index contributed by atoms with van der Waals surface area (Å²) in [6.45, 7) is 8.71. The third-order valence-electron chi connectivity index (χ3n) is 9.46. The van der Waals surface area contributed by atoms with Gasteiger partial charge in [0.15, 0.2) is 11.6 Å². The molecule has 0 unspecified atom stereocenters. The smallest absolute Gasteiger partial charge is 0.169 e. The summed E-state index contributed by atoms with van der Waals surface area (Å²) in [4.78, 5) is 12.0. The molecule has 4 aliphatic carbocycles. The van der Waals surface area contributed by atoms with E-state index in [1.807, 2.05) is 6.08 Å². The lowest BCUT2D eigenvalue weighted by Crippen LogP contribution is -2.53. The zero-order chi connectivity index (χ0) is 18.2. The van der Waals surface area contributed by atoms with Crippen LogP contribution in [-0.4, -0.2) is 24.8 Å². The van der Waals surface area contributed by atoms with Crippen LogP contribution in [0.3, 0.4) is 0 Å². The Balaban J connectivity index is 1.45. The lowest BCUT2D eigenvalue weighted by molar-refractivity contribution is -0.214. The molecule has 0 bridgehead atoms. The van der Waals surface area contributed by atoms with Crippen molar-refractivity contribution in [2.45, 2.75) is 77.9 Å². The summed E-state index contributed by atoms with van der Waals surface area (Å²) in [7, 11) is 0. The van der Waals surface area contributed by atoms with Crippen molar-refractivity contribution in [1.29, 1.82) is 0 Å². The summed E-state index contributed by atoms with van der Waals surface area (Å²) >= 11 is 0. The quantitative estimate of drug-likeness (QED) is 0.669. The molecule has 5 rings (SSSR count). The summed E-state index contributed by atoms with van der Waals surface area (Å²) in [6.07, 6.45) is 11.5. The van der Waals surface area contributed by atoms with Crippen molar-refractivity contribution in [3.05, 3.63) is 11.6 Å². The molecule has 3 nitrogen and oxygen atoms in total. The molecule has 0 spiro atoms. The molecule has 144 valence electrons. The second-order valence-electron chi connectivity index (χ2n) is 10.4. The first-order chi connectivity index (χ1) is 12.4.